The molecule has 0 spiro atoms. The second kappa shape index (κ2) is 7.20. The molecule has 0 aromatic carbocycles. The molecule has 0 saturated carbocycles. The molecule has 1 fully saturated rings. The first-order chi connectivity index (χ1) is 7.31. The van der Waals surface area contributed by atoms with Gasteiger partial charge >= 0.3 is 0 Å². The van der Waals surface area contributed by atoms with Crippen molar-refractivity contribution in [2.75, 3.05) is 19.7 Å². The third kappa shape index (κ3) is 4.09. The number of rotatable bonds is 7. The molecular formula is C12H26N2O. The first-order valence-electron chi connectivity index (χ1n) is 6.36. The molecule has 1 aliphatic rings. The Morgan fingerprint density at radius 1 is 1.40 bits per heavy atom. The molecule has 1 aliphatic heterocycles. The lowest BCUT2D eigenvalue weighted by atomic mass is 10.0. The Morgan fingerprint density at radius 2 is 2.13 bits per heavy atom. The second-order valence-corrected chi connectivity index (χ2v) is 4.48. The Kier molecular flexibility index (Phi) is 6.22. The van der Waals surface area contributed by atoms with Crippen LogP contribution < -0.4 is 11.1 Å². The monoisotopic (exact) mass is 214 g/mol. The molecule has 0 aromatic rings. The summed E-state index contributed by atoms with van der Waals surface area (Å²) < 4.78 is 5.66. The Balaban J connectivity index is 2.26. The molecular weight excluding hydrogens is 188 g/mol. The third-order valence-corrected chi connectivity index (χ3v) is 3.49. The topological polar surface area (TPSA) is 47.3 Å². The largest absolute Gasteiger partial charge is 0.377 e. The molecule has 0 amide bonds. The van der Waals surface area contributed by atoms with E-state index in [0.717, 1.165) is 25.5 Å². The van der Waals surface area contributed by atoms with Crippen LogP contribution in [0, 0.1) is 5.92 Å². The summed E-state index contributed by atoms with van der Waals surface area (Å²) in [6, 6.07) is 0.355. The van der Waals surface area contributed by atoms with Gasteiger partial charge in [-0.3, -0.25) is 0 Å². The molecule has 3 nitrogen and oxygen atoms in total. The van der Waals surface area contributed by atoms with Gasteiger partial charge in [0.25, 0.3) is 0 Å². The van der Waals surface area contributed by atoms with Crippen LogP contribution in [0.15, 0.2) is 0 Å². The van der Waals surface area contributed by atoms with Gasteiger partial charge in [-0.15, -0.1) is 0 Å². The summed E-state index contributed by atoms with van der Waals surface area (Å²) in [7, 11) is 0. The normalized spacial score (nSPS) is 23.6. The van der Waals surface area contributed by atoms with E-state index in [9.17, 15) is 0 Å². The molecule has 3 N–H and O–H groups in total. The summed E-state index contributed by atoms with van der Waals surface area (Å²) in [6.45, 7) is 7.17. The summed E-state index contributed by atoms with van der Waals surface area (Å²) in [4.78, 5) is 0. The molecule has 0 radical (unpaired) electrons. The quantitative estimate of drug-likeness (QED) is 0.675. The molecule has 0 aliphatic carbocycles. The second-order valence-electron chi connectivity index (χ2n) is 4.48. The highest BCUT2D eigenvalue weighted by molar-refractivity contribution is 4.81. The van der Waals surface area contributed by atoms with Crippen molar-refractivity contribution in [3.63, 3.8) is 0 Å². The zero-order valence-electron chi connectivity index (χ0n) is 10.2. The Hall–Kier alpha value is -0.120. The number of hydrogen-bond acceptors (Lipinski definition) is 3. The number of ether oxygens (including phenoxy) is 1. The molecule has 90 valence electrons. The highest BCUT2D eigenvalue weighted by Gasteiger charge is 2.24. The molecule has 0 bridgehead atoms. The summed E-state index contributed by atoms with van der Waals surface area (Å²) in [5.74, 6) is 0.778. The molecule has 1 rings (SSSR count). The summed E-state index contributed by atoms with van der Waals surface area (Å²) in [6.07, 6.45) is 5.19. The number of nitrogens with one attached hydrogen (secondary N) is 1. The van der Waals surface area contributed by atoms with E-state index in [4.69, 9.17) is 10.5 Å². The van der Waals surface area contributed by atoms with E-state index in [2.05, 4.69) is 19.2 Å². The van der Waals surface area contributed by atoms with Crippen molar-refractivity contribution in [3.8, 4) is 0 Å². The van der Waals surface area contributed by atoms with E-state index < -0.39 is 0 Å². The van der Waals surface area contributed by atoms with Crippen molar-refractivity contribution < 1.29 is 4.74 Å². The van der Waals surface area contributed by atoms with Gasteiger partial charge in [0.05, 0.1) is 6.10 Å². The van der Waals surface area contributed by atoms with Crippen LogP contribution in [-0.4, -0.2) is 31.8 Å². The lowest BCUT2D eigenvalue weighted by Gasteiger charge is -2.25. The molecule has 1 saturated heterocycles. The number of hydrogen-bond donors (Lipinski definition) is 2. The first-order valence-corrected chi connectivity index (χ1v) is 6.36. The average molecular weight is 214 g/mol. The molecule has 2 atom stereocenters. The van der Waals surface area contributed by atoms with Crippen LogP contribution in [0.25, 0.3) is 0 Å². The maximum absolute atomic E-state index is 5.78. The van der Waals surface area contributed by atoms with Crippen molar-refractivity contribution in [2.24, 2.45) is 11.7 Å². The Labute approximate surface area is 93.8 Å². The molecule has 0 aromatic heterocycles. The smallest absolute Gasteiger partial charge is 0.0741 e. The predicted octanol–water partition coefficient (Wildman–Crippen LogP) is 1.52. The fourth-order valence-electron chi connectivity index (χ4n) is 2.18. The van der Waals surface area contributed by atoms with Gasteiger partial charge in [-0.25, -0.2) is 0 Å². The van der Waals surface area contributed by atoms with Gasteiger partial charge in [0.1, 0.15) is 0 Å². The zero-order valence-corrected chi connectivity index (χ0v) is 10.2. The molecule has 2 unspecified atom stereocenters. The zero-order chi connectivity index (χ0) is 11.1. The highest BCUT2D eigenvalue weighted by atomic mass is 16.5. The van der Waals surface area contributed by atoms with Crippen molar-refractivity contribution in [2.45, 2.75) is 51.7 Å². The lowest BCUT2D eigenvalue weighted by molar-refractivity contribution is 0.0791. The van der Waals surface area contributed by atoms with Crippen LogP contribution in [0.1, 0.15) is 39.5 Å². The Bertz CT molecular complexity index is 154. The Morgan fingerprint density at radius 3 is 2.60 bits per heavy atom. The van der Waals surface area contributed by atoms with Crippen molar-refractivity contribution >= 4 is 0 Å². The van der Waals surface area contributed by atoms with E-state index in [1.54, 1.807) is 0 Å². The van der Waals surface area contributed by atoms with E-state index in [-0.39, 0.29) is 0 Å². The highest BCUT2D eigenvalue weighted by Crippen LogP contribution is 2.16. The number of nitrogens with two attached hydrogens (primary N) is 1. The van der Waals surface area contributed by atoms with Crippen molar-refractivity contribution in [3.05, 3.63) is 0 Å². The van der Waals surface area contributed by atoms with Gasteiger partial charge in [-0.2, -0.15) is 0 Å². The minimum Gasteiger partial charge on any atom is -0.377 e. The fraction of sp³-hybridized carbons (Fsp3) is 1.00. The molecule has 1 heterocycles. The third-order valence-electron chi connectivity index (χ3n) is 3.49. The van der Waals surface area contributed by atoms with E-state index in [0.29, 0.717) is 18.7 Å². The van der Waals surface area contributed by atoms with Gasteiger partial charge < -0.3 is 15.8 Å². The SMILES string of the molecule is CCC(CC)CNC(CN)C1CCCO1. The minimum atomic E-state index is 0.351. The maximum atomic E-state index is 5.78. The van der Waals surface area contributed by atoms with Gasteiger partial charge in [0.2, 0.25) is 0 Å². The van der Waals surface area contributed by atoms with Crippen LogP contribution in [0.4, 0.5) is 0 Å². The fourth-order valence-corrected chi connectivity index (χ4v) is 2.18. The predicted molar refractivity (Wildman–Crippen MR) is 63.9 cm³/mol. The van der Waals surface area contributed by atoms with Gasteiger partial charge in [-0.05, 0) is 25.3 Å². The van der Waals surface area contributed by atoms with Crippen LogP contribution in [0.2, 0.25) is 0 Å². The van der Waals surface area contributed by atoms with E-state index >= 15 is 0 Å². The van der Waals surface area contributed by atoms with Gasteiger partial charge in [0, 0.05) is 19.2 Å². The van der Waals surface area contributed by atoms with Crippen LogP contribution in [-0.2, 0) is 4.74 Å². The maximum Gasteiger partial charge on any atom is 0.0741 e. The molecule has 3 heteroatoms. The van der Waals surface area contributed by atoms with Crippen LogP contribution >= 0.6 is 0 Å². The van der Waals surface area contributed by atoms with Crippen LogP contribution in [0.3, 0.4) is 0 Å². The van der Waals surface area contributed by atoms with Crippen molar-refractivity contribution in [1.29, 1.82) is 0 Å². The van der Waals surface area contributed by atoms with Gasteiger partial charge in [-0.1, -0.05) is 26.7 Å². The van der Waals surface area contributed by atoms with Crippen molar-refractivity contribution in [1.82, 2.24) is 5.32 Å². The first kappa shape index (κ1) is 12.9. The minimum absolute atomic E-state index is 0.351. The summed E-state index contributed by atoms with van der Waals surface area (Å²) in [5.41, 5.74) is 5.78. The van der Waals surface area contributed by atoms with E-state index in [1.807, 2.05) is 0 Å². The van der Waals surface area contributed by atoms with Gasteiger partial charge in [0.15, 0.2) is 0 Å². The summed E-state index contributed by atoms with van der Waals surface area (Å²) in [5, 5.41) is 3.56. The average Bonchev–Trinajstić information content (AvgIpc) is 2.78. The van der Waals surface area contributed by atoms with E-state index in [1.165, 1.54) is 19.3 Å². The summed E-state index contributed by atoms with van der Waals surface area (Å²) >= 11 is 0. The lowest BCUT2D eigenvalue weighted by Crippen LogP contribution is -2.46. The van der Waals surface area contributed by atoms with Crippen LogP contribution in [0.5, 0.6) is 0 Å². The molecule has 15 heavy (non-hydrogen) atoms. The standard InChI is InChI=1S/C12H26N2O/c1-3-10(4-2)9-14-11(8-13)12-6-5-7-15-12/h10-12,14H,3-9,13H2,1-2H3.